The summed E-state index contributed by atoms with van der Waals surface area (Å²) in [6.45, 7) is 2.07. The van der Waals surface area contributed by atoms with E-state index in [1.165, 1.54) is 10.9 Å². The summed E-state index contributed by atoms with van der Waals surface area (Å²) in [7, 11) is 1.57. The van der Waals surface area contributed by atoms with Crippen LogP contribution in [0, 0.1) is 0 Å². The highest BCUT2D eigenvalue weighted by Gasteiger charge is 2.13. The third-order valence-corrected chi connectivity index (χ3v) is 2.78. The lowest BCUT2D eigenvalue weighted by Crippen LogP contribution is -2.24. The standard InChI is InChI=1S/C13H16N4O2/c1-3-5-9-6-4-7-10(19-2)11(9)17-8-15-12(14)16-13(17)18/h4,6-8H,3,5H2,1-2H3,(H2,14,16,18). The SMILES string of the molecule is CCCc1cccc(OC)c1-n1cnc(N)nc1=O. The Balaban J connectivity index is 2.68. The van der Waals surface area contributed by atoms with Gasteiger partial charge in [0.1, 0.15) is 12.1 Å². The topological polar surface area (TPSA) is 83.0 Å². The van der Waals surface area contributed by atoms with Crippen LogP contribution in [-0.4, -0.2) is 21.6 Å². The predicted octanol–water partition coefficient (Wildman–Crippen LogP) is 1.17. The first kappa shape index (κ1) is 13.1. The number of methoxy groups -OCH3 is 1. The van der Waals surface area contributed by atoms with Crippen LogP contribution in [0.1, 0.15) is 18.9 Å². The van der Waals surface area contributed by atoms with Crippen LogP contribution in [0.15, 0.2) is 29.3 Å². The molecule has 19 heavy (non-hydrogen) atoms. The van der Waals surface area contributed by atoms with E-state index in [1.54, 1.807) is 13.2 Å². The number of hydrogen-bond donors (Lipinski definition) is 1. The molecule has 6 heteroatoms. The van der Waals surface area contributed by atoms with E-state index in [9.17, 15) is 4.79 Å². The number of benzene rings is 1. The minimum absolute atomic E-state index is 0.0341. The van der Waals surface area contributed by atoms with Crippen LogP contribution in [0.3, 0.4) is 0 Å². The molecule has 0 aliphatic heterocycles. The van der Waals surface area contributed by atoms with Crippen molar-refractivity contribution in [1.82, 2.24) is 14.5 Å². The fraction of sp³-hybridized carbons (Fsp3) is 0.308. The molecule has 0 saturated heterocycles. The Labute approximate surface area is 110 Å². The number of nitrogens with zero attached hydrogens (tertiary/aromatic N) is 3. The Kier molecular flexibility index (Phi) is 3.79. The zero-order valence-electron chi connectivity index (χ0n) is 11.0. The van der Waals surface area contributed by atoms with Gasteiger partial charge in [0.25, 0.3) is 0 Å². The van der Waals surface area contributed by atoms with Crippen molar-refractivity contribution in [2.75, 3.05) is 12.8 Å². The van der Waals surface area contributed by atoms with Gasteiger partial charge in [-0.15, -0.1) is 0 Å². The maximum Gasteiger partial charge on any atom is 0.356 e. The average molecular weight is 260 g/mol. The second kappa shape index (κ2) is 5.51. The normalized spacial score (nSPS) is 10.4. The number of aromatic nitrogens is 3. The molecule has 1 aromatic carbocycles. The van der Waals surface area contributed by atoms with E-state index in [2.05, 4.69) is 16.9 Å². The van der Waals surface area contributed by atoms with Crippen molar-refractivity contribution >= 4 is 5.95 Å². The van der Waals surface area contributed by atoms with Crippen molar-refractivity contribution in [3.8, 4) is 11.4 Å². The van der Waals surface area contributed by atoms with Gasteiger partial charge in [-0.05, 0) is 18.1 Å². The molecule has 6 nitrogen and oxygen atoms in total. The first-order valence-electron chi connectivity index (χ1n) is 6.04. The van der Waals surface area contributed by atoms with E-state index < -0.39 is 5.69 Å². The first-order valence-corrected chi connectivity index (χ1v) is 6.04. The van der Waals surface area contributed by atoms with Crippen molar-refractivity contribution in [3.63, 3.8) is 0 Å². The molecule has 0 aliphatic rings. The summed E-state index contributed by atoms with van der Waals surface area (Å²) in [4.78, 5) is 19.5. The molecule has 2 rings (SSSR count). The summed E-state index contributed by atoms with van der Waals surface area (Å²) in [5, 5.41) is 0. The highest BCUT2D eigenvalue weighted by atomic mass is 16.5. The average Bonchev–Trinajstić information content (AvgIpc) is 2.39. The van der Waals surface area contributed by atoms with E-state index in [1.807, 2.05) is 12.1 Å². The zero-order valence-corrected chi connectivity index (χ0v) is 11.0. The molecule has 2 aromatic rings. The van der Waals surface area contributed by atoms with Crippen molar-refractivity contribution in [2.45, 2.75) is 19.8 Å². The molecule has 0 spiro atoms. The molecule has 0 aliphatic carbocycles. The molecule has 0 bridgehead atoms. The van der Waals surface area contributed by atoms with Crippen LogP contribution < -0.4 is 16.2 Å². The van der Waals surface area contributed by atoms with Gasteiger partial charge in [-0.25, -0.2) is 14.3 Å². The summed E-state index contributed by atoms with van der Waals surface area (Å²) < 4.78 is 6.69. The van der Waals surface area contributed by atoms with Crippen LogP contribution in [0.5, 0.6) is 5.75 Å². The number of nitrogens with two attached hydrogens (primary N) is 1. The lowest BCUT2D eigenvalue weighted by molar-refractivity contribution is 0.411. The number of ether oxygens (including phenoxy) is 1. The summed E-state index contributed by atoms with van der Waals surface area (Å²) in [6, 6.07) is 5.66. The highest BCUT2D eigenvalue weighted by molar-refractivity contribution is 5.53. The van der Waals surface area contributed by atoms with Gasteiger partial charge in [0, 0.05) is 0 Å². The molecule has 0 amide bonds. The summed E-state index contributed by atoms with van der Waals surface area (Å²) in [5.74, 6) is 0.578. The van der Waals surface area contributed by atoms with Crippen molar-refractivity contribution in [1.29, 1.82) is 0 Å². The molecular formula is C13H16N4O2. The van der Waals surface area contributed by atoms with Gasteiger partial charge >= 0.3 is 5.69 Å². The number of rotatable bonds is 4. The fourth-order valence-electron chi connectivity index (χ4n) is 1.98. The van der Waals surface area contributed by atoms with Crippen LogP contribution in [-0.2, 0) is 6.42 Å². The quantitative estimate of drug-likeness (QED) is 0.892. The van der Waals surface area contributed by atoms with Crippen molar-refractivity contribution in [2.24, 2.45) is 0 Å². The predicted molar refractivity (Wildman–Crippen MR) is 72.6 cm³/mol. The number of hydrogen-bond acceptors (Lipinski definition) is 5. The Morgan fingerprint density at radius 3 is 2.84 bits per heavy atom. The smallest absolute Gasteiger partial charge is 0.356 e. The third kappa shape index (κ3) is 2.57. The molecule has 0 saturated carbocycles. The number of anilines is 1. The Hall–Kier alpha value is -2.37. The highest BCUT2D eigenvalue weighted by Crippen LogP contribution is 2.26. The number of nitrogen functional groups attached to an aromatic ring is 1. The maximum atomic E-state index is 11.9. The van der Waals surface area contributed by atoms with Gasteiger partial charge in [0.05, 0.1) is 12.8 Å². The van der Waals surface area contributed by atoms with Crippen LogP contribution in [0.2, 0.25) is 0 Å². The van der Waals surface area contributed by atoms with E-state index in [4.69, 9.17) is 10.5 Å². The number of aryl methyl sites for hydroxylation is 1. The molecule has 0 fully saturated rings. The minimum Gasteiger partial charge on any atom is -0.495 e. The first-order chi connectivity index (χ1) is 9.17. The van der Waals surface area contributed by atoms with E-state index in [0.29, 0.717) is 11.4 Å². The Morgan fingerprint density at radius 1 is 1.42 bits per heavy atom. The van der Waals surface area contributed by atoms with Gasteiger partial charge in [-0.1, -0.05) is 25.5 Å². The summed E-state index contributed by atoms with van der Waals surface area (Å²) in [6.07, 6.45) is 3.18. The van der Waals surface area contributed by atoms with E-state index in [0.717, 1.165) is 18.4 Å². The van der Waals surface area contributed by atoms with Gasteiger partial charge < -0.3 is 10.5 Å². The van der Waals surface area contributed by atoms with Crippen molar-refractivity contribution < 1.29 is 4.74 Å². The lowest BCUT2D eigenvalue weighted by atomic mass is 10.1. The van der Waals surface area contributed by atoms with Crippen LogP contribution in [0.4, 0.5) is 5.95 Å². The molecule has 1 heterocycles. The largest absolute Gasteiger partial charge is 0.495 e. The van der Waals surface area contributed by atoms with Crippen LogP contribution in [0.25, 0.3) is 5.69 Å². The monoisotopic (exact) mass is 260 g/mol. The molecule has 100 valence electrons. The molecule has 0 atom stereocenters. The molecule has 1 aromatic heterocycles. The van der Waals surface area contributed by atoms with Crippen LogP contribution >= 0.6 is 0 Å². The summed E-state index contributed by atoms with van der Waals surface area (Å²) >= 11 is 0. The Morgan fingerprint density at radius 2 is 2.21 bits per heavy atom. The second-order valence-corrected chi connectivity index (χ2v) is 4.09. The molecular weight excluding hydrogens is 244 g/mol. The maximum absolute atomic E-state index is 11.9. The molecule has 0 unspecified atom stereocenters. The van der Waals surface area contributed by atoms with E-state index >= 15 is 0 Å². The summed E-state index contributed by atoms with van der Waals surface area (Å²) in [5.41, 5.74) is 6.63. The molecule has 0 radical (unpaired) electrons. The lowest BCUT2D eigenvalue weighted by Gasteiger charge is -2.14. The van der Waals surface area contributed by atoms with Gasteiger partial charge in [-0.3, -0.25) is 0 Å². The zero-order chi connectivity index (χ0) is 13.8. The van der Waals surface area contributed by atoms with Gasteiger partial charge in [0.15, 0.2) is 0 Å². The minimum atomic E-state index is -0.464. The van der Waals surface area contributed by atoms with Gasteiger partial charge in [-0.2, -0.15) is 4.98 Å². The molecule has 2 N–H and O–H groups in total. The Bertz CT molecular complexity index is 637. The second-order valence-electron chi connectivity index (χ2n) is 4.09. The van der Waals surface area contributed by atoms with Gasteiger partial charge in [0.2, 0.25) is 5.95 Å². The fourth-order valence-corrected chi connectivity index (χ4v) is 1.98. The third-order valence-electron chi connectivity index (χ3n) is 2.78. The van der Waals surface area contributed by atoms with E-state index in [-0.39, 0.29) is 5.95 Å². The van der Waals surface area contributed by atoms with Crippen molar-refractivity contribution in [3.05, 3.63) is 40.6 Å². The number of para-hydroxylation sites is 1.